The van der Waals surface area contributed by atoms with Crippen LogP contribution in [0.2, 0.25) is 5.15 Å². The normalized spacial score (nSPS) is 10.9. The van der Waals surface area contributed by atoms with Crippen molar-refractivity contribution in [3.63, 3.8) is 0 Å². The molecule has 16 heavy (non-hydrogen) atoms. The minimum Gasteiger partial charge on any atom is -0.481 e. The van der Waals surface area contributed by atoms with Crippen LogP contribution in [0.15, 0.2) is 24.3 Å². The fourth-order valence-electron chi connectivity index (χ4n) is 1.65. The summed E-state index contributed by atoms with van der Waals surface area (Å²) in [5.74, 6) is -1.26. The Morgan fingerprint density at radius 2 is 2.25 bits per heavy atom. The molecule has 2 aromatic rings. The topological polar surface area (TPSA) is 42.2 Å². The SMILES string of the molecule is O=C(O)CCn1c(Cl)cc2c(F)cccc21. The number of carbonyl (C=O) groups is 1. The summed E-state index contributed by atoms with van der Waals surface area (Å²) in [4.78, 5) is 10.5. The quantitative estimate of drug-likeness (QED) is 0.898. The summed E-state index contributed by atoms with van der Waals surface area (Å²) in [6.45, 7) is 0.237. The first-order valence-corrected chi connectivity index (χ1v) is 5.12. The van der Waals surface area contributed by atoms with Crippen LogP contribution in [0.25, 0.3) is 10.9 Å². The number of benzene rings is 1. The van der Waals surface area contributed by atoms with E-state index >= 15 is 0 Å². The first kappa shape index (κ1) is 11.0. The molecule has 2 rings (SSSR count). The van der Waals surface area contributed by atoms with Crippen LogP contribution in [-0.4, -0.2) is 15.6 Å². The van der Waals surface area contributed by atoms with E-state index in [4.69, 9.17) is 16.7 Å². The van der Waals surface area contributed by atoms with Gasteiger partial charge in [-0.25, -0.2) is 4.39 Å². The summed E-state index contributed by atoms with van der Waals surface area (Å²) < 4.78 is 15.0. The predicted molar refractivity (Wildman–Crippen MR) is 59.2 cm³/mol. The first-order chi connectivity index (χ1) is 7.59. The average Bonchev–Trinajstić information content (AvgIpc) is 2.53. The smallest absolute Gasteiger partial charge is 0.305 e. The van der Waals surface area contributed by atoms with Gasteiger partial charge in [0.1, 0.15) is 11.0 Å². The van der Waals surface area contributed by atoms with Gasteiger partial charge in [0.15, 0.2) is 0 Å². The van der Waals surface area contributed by atoms with Crippen molar-refractivity contribution in [1.82, 2.24) is 4.57 Å². The highest BCUT2D eigenvalue weighted by Gasteiger charge is 2.10. The summed E-state index contributed by atoms with van der Waals surface area (Å²) in [6, 6.07) is 6.14. The van der Waals surface area contributed by atoms with Gasteiger partial charge in [-0.3, -0.25) is 4.79 Å². The number of aryl methyl sites for hydroxylation is 1. The zero-order chi connectivity index (χ0) is 11.7. The van der Waals surface area contributed by atoms with Gasteiger partial charge in [0.25, 0.3) is 0 Å². The third-order valence-corrected chi connectivity index (χ3v) is 2.70. The van der Waals surface area contributed by atoms with Gasteiger partial charge in [-0.15, -0.1) is 0 Å². The number of halogens is 2. The van der Waals surface area contributed by atoms with Crippen LogP contribution in [-0.2, 0) is 11.3 Å². The number of aliphatic carboxylic acids is 1. The molecule has 0 aliphatic carbocycles. The van der Waals surface area contributed by atoms with Crippen LogP contribution < -0.4 is 0 Å². The molecule has 0 aliphatic heterocycles. The molecule has 0 radical (unpaired) electrons. The number of fused-ring (bicyclic) bond motifs is 1. The molecule has 0 amide bonds. The van der Waals surface area contributed by atoms with E-state index in [1.807, 2.05) is 0 Å². The summed E-state index contributed by atoms with van der Waals surface area (Å²) in [5.41, 5.74) is 0.617. The van der Waals surface area contributed by atoms with Crippen molar-refractivity contribution in [3.8, 4) is 0 Å². The van der Waals surface area contributed by atoms with Gasteiger partial charge >= 0.3 is 5.97 Å². The second-order valence-electron chi connectivity index (χ2n) is 3.44. The molecule has 1 aromatic heterocycles. The highest BCUT2D eigenvalue weighted by molar-refractivity contribution is 6.31. The number of nitrogens with zero attached hydrogens (tertiary/aromatic N) is 1. The Morgan fingerprint density at radius 3 is 2.94 bits per heavy atom. The molecule has 3 nitrogen and oxygen atoms in total. The minimum absolute atomic E-state index is 0.0417. The fourth-order valence-corrected chi connectivity index (χ4v) is 1.94. The molecule has 84 valence electrons. The highest BCUT2D eigenvalue weighted by Crippen LogP contribution is 2.25. The van der Waals surface area contributed by atoms with Gasteiger partial charge in [0, 0.05) is 11.9 Å². The molecule has 0 spiro atoms. The van der Waals surface area contributed by atoms with Crippen molar-refractivity contribution in [2.45, 2.75) is 13.0 Å². The van der Waals surface area contributed by atoms with E-state index in [0.717, 1.165) is 0 Å². The standard InChI is InChI=1S/C11H9ClFNO2/c12-10-6-7-8(13)2-1-3-9(7)14(10)5-4-11(15)16/h1-3,6H,4-5H2,(H,15,16). The monoisotopic (exact) mass is 241 g/mol. The van der Waals surface area contributed by atoms with Crippen molar-refractivity contribution < 1.29 is 14.3 Å². The molecule has 0 saturated heterocycles. The van der Waals surface area contributed by atoms with Crippen molar-refractivity contribution in [1.29, 1.82) is 0 Å². The second kappa shape index (κ2) is 4.14. The lowest BCUT2D eigenvalue weighted by molar-refractivity contribution is -0.137. The molecule has 5 heteroatoms. The zero-order valence-electron chi connectivity index (χ0n) is 8.28. The van der Waals surface area contributed by atoms with Crippen LogP contribution in [0.1, 0.15) is 6.42 Å². The molecular weight excluding hydrogens is 233 g/mol. The van der Waals surface area contributed by atoms with E-state index < -0.39 is 5.97 Å². The third kappa shape index (κ3) is 1.88. The fraction of sp³-hybridized carbons (Fsp3) is 0.182. The Kier molecular flexibility index (Phi) is 2.83. The van der Waals surface area contributed by atoms with Crippen molar-refractivity contribution in [3.05, 3.63) is 35.2 Å². The molecule has 0 saturated carbocycles. The minimum atomic E-state index is -0.908. The Morgan fingerprint density at radius 1 is 1.50 bits per heavy atom. The Bertz CT molecular complexity index is 550. The van der Waals surface area contributed by atoms with Gasteiger partial charge in [0.2, 0.25) is 0 Å². The molecule has 1 heterocycles. The van der Waals surface area contributed by atoms with Gasteiger partial charge < -0.3 is 9.67 Å². The van der Waals surface area contributed by atoms with E-state index in [9.17, 15) is 9.18 Å². The molecule has 0 unspecified atom stereocenters. The molecule has 0 bridgehead atoms. The van der Waals surface area contributed by atoms with Crippen LogP contribution >= 0.6 is 11.6 Å². The van der Waals surface area contributed by atoms with Crippen LogP contribution in [0, 0.1) is 5.82 Å². The summed E-state index contributed by atoms with van der Waals surface area (Å²) in [7, 11) is 0. The molecule has 1 N–H and O–H groups in total. The first-order valence-electron chi connectivity index (χ1n) is 4.74. The van der Waals surface area contributed by atoms with Crippen molar-refractivity contribution in [2.75, 3.05) is 0 Å². The van der Waals surface area contributed by atoms with E-state index in [-0.39, 0.29) is 18.8 Å². The molecule has 0 atom stereocenters. The number of rotatable bonds is 3. The van der Waals surface area contributed by atoms with Crippen LogP contribution in [0.4, 0.5) is 4.39 Å². The summed E-state index contributed by atoms with van der Waals surface area (Å²) >= 11 is 5.93. The summed E-state index contributed by atoms with van der Waals surface area (Å²) in [6.07, 6.45) is -0.0417. The van der Waals surface area contributed by atoms with Crippen molar-refractivity contribution in [2.24, 2.45) is 0 Å². The lowest BCUT2D eigenvalue weighted by Gasteiger charge is -2.04. The maximum absolute atomic E-state index is 13.4. The van der Waals surface area contributed by atoms with Crippen molar-refractivity contribution >= 4 is 28.5 Å². The van der Waals surface area contributed by atoms with Crippen LogP contribution in [0.3, 0.4) is 0 Å². The Hall–Kier alpha value is -1.55. The van der Waals surface area contributed by atoms with Crippen LogP contribution in [0.5, 0.6) is 0 Å². The lowest BCUT2D eigenvalue weighted by atomic mass is 10.2. The zero-order valence-corrected chi connectivity index (χ0v) is 9.04. The molecule has 0 fully saturated rings. The summed E-state index contributed by atoms with van der Waals surface area (Å²) in [5, 5.41) is 9.36. The van der Waals surface area contributed by atoms with E-state index in [1.54, 1.807) is 16.7 Å². The average molecular weight is 242 g/mol. The molecular formula is C11H9ClFNO2. The molecule has 0 aliphatic rings. The van der Waals surface area contributed by atoms with E-state index in [0.29, 0.717) is 16.1 Å². The Balaban J connectivity index is 2.48. The maximum Gasteiger partial charge on any atom is 0.305 e. The number of carboxylic acids is 1. The number of carboxylic acid groups (broad SMARTS) is 1. The highest BCUT2D eigenvalue weighted by atomic mass is 35.5. The predicted octanol–water partition coefficient (Wildman–Crippen LogP) is 2.91. The van der Waals surface area contributed by atoms with Gasteiger partial charge in [-0.2, -0.15) is 0 Å². The molecule has 1 aromatic carbocycles. The lowest BCUT2D eigenvalue weighted by Crippen LogP contribution is -2.04. The number of hydrogen-bond acceptors (Lipinski definition) is 1. The largest absolute Gasteiger partial charge is 0.481 e. The van der Waals surface area contributed by atoms with E-state index in [1.165, 1.54) is 12.1 Å². The van der Waals surface area contributed by atoms with Gasteiger partial charge in [0.05, 0.1) is 11.9 Å². The Labute approximate surface area is 96.1 Å². The second-order valence-corrected chi connectivity index (χ2v) is 3.82. The number of hydrogen-bond donors (Lipinski definition) is 1. The van der Waals surface area contributed by atoms with E-state index in [2.05, 4.69) is 0 Å². The maximum atomic E-state index is 13.4. The number of aromatic nitrogens is 1. The third-order valence-electron chi connectivity index (χ3n) is 2.39. The van der Waals surface area contributed by atoms with Gasteiger partial charge in [-0.05, 0) is 18.2 Å². The van der Waals surface area contributed by atoms with Gasteiger partial charge in [-0.1, -0.05) is 17.7 Å².